The van der Waals surface area contributed by atoms with Gasteiger partial charge in [-0.3, -0.25) is 4.79 Å². The van der Waals surface area contributed by atoms with Crippen LogP contribution in [-0.4, -0.2) is 37.6 Å². The first kappa shape index (κ1) is 17.9. The molecule has 0 radical (unpaired) electrons. The molecular formula is C15H11F3N4O3S. The fourth-order valence-corrected chi connectivity index (χ4v) is 3.12. The van der Waals surface area contributed by atoms with E-state index in [4.69, 9.17) is 0 Å². The van der Waals surface area contributed by atoms with Gasteiger partial charge in [0, 0.05) is 12.4 Å². The van der Waals surface area contributed by atoms with Crippen molar-refractivity contribution in [1.82, 2.24) is 19.9 Å². The number of hydrogen-bond acceptors (Lipinski definition) is 5. The minimum Gasteiger partial charge on any atom is -0.480 e. The van der Waals surface area contributed by atoms with E-state index in [1.807, 2.05) is 0 Å². The second-order valence-corrected chi connectivity index (χ2v) is 6.35. The molecule has 136 valence electrons. The van der Waals surface area contributed by atoms with E-state index in [-0.39, 0.29) is 21.8 Å². The molecule has 0 aliphatic rings. The zero-order chi connectivity index (χ0) is 18.9. The van der Waals surface area contributed by atoms with Gasteiger partial charge >= 0.3 is 12.1 Å². The molecule has 7 nitrogen and oxygen atoms in total. The molecule has 0 aliphatic carbocycles. The van der Waals surface area contributed by atoms with Crippen LogP contribution < -0.4 is 5.32 Å². The van der Waals surface area contributed by atoms with E-state index in [1.165, 1.54) is 23.2 Å². The largest absolute Gasteiger partial charge is 0.480 e. The molecule has 11 heteroatoms. The minimum absolute atomic E-state index is 0.0514. The Labute approximate surface area is 148 Å². The molecule has 1 unspecified atom stereocenters. The van der Waals surface area contributed by atoms with Crippen molar-refractivity contribution in [3.05, 3.63) is 47.5 Å². The van der Waals surface area contributed by atoms with Crippen LogP contribution in [0.4, 0.5) is 13.2 Å². The number of carbonyl (C=O) groups excluding carboxylic acids is 1. The van der Waals surface area contributed by atoms with Gasteiger partial charge in [0.05, 0.1) is 28.7 Å². The van der Waals surface area contributed by atoms with Gasteiger partial charge in [0.15, 0.2) is 5.01 Å². The van der Waals surface area contributed by atoms with Crippen LogP contribution in [0.3, 0.4) is 0 Å². The maximum Gasteiger partial charge on any atom is 0.416 e. The number of amides is 1. The number of imidazole rings is 1. The van der Waals surface area contributed by atoms with Gasteiger partial charge in [-0.1, -0.05) is 0 Å². The molecule has 0 saturated carbocycles. The third-order valence-electron chi connectivity index (χ3n) is 3.47. The van der Waals surface area contributed by atoms with Crippen molar-refractivity contribution < 1.29 is 27.9 Å². The van der Waals surface area contributed by atoms with Crippen LogP contribution in [0, 0.1) is 0 Å². The molecule has 1 amide bonds. The first-order valence-corrected chi connectivity index (χ1v) is 8.03. The Morgan fingerprint density at radius 2 is 2.12 bits per heavy atom. The monoisotopic (exact) mass is 384 g/mol. The van der Waals surface area contributed by atoms with Crippen LogP contribution in [0.15, 0.2) is 36.9 Å². The van der Waals surface area contributed by atoms with Crippen LogP contribution in [0.1, 0.15) is 15.4 Å². The third kappa shape index (κ3) is 3.82. The smallest absolute Gasteiger partial charge is 0.416 e. The number of thiazole rings is 1. The van der Waals surface area contributed by atoms with Crippen LogP contribution in [-0.2, 0) is 17.5 Å². The lowest BCUT2D eigenvalue weighted by Gasteiger charge is -2.13. The molecule has 3 aromatic rings. The van der Waals surface area contributed by atoms with E-state index in [0.717, 1.165) is 23.5 Å². The minimum atomic E-state index is -4.50. The summed E-state index contributed by atoms with van der Waals surface area (Å²) >= 11 is 0.762. The number of carboxylic acids is 1. The number of nitrogens with zero attached hydrogens (tertiary/aromatic N) is 3. The fraction of sp³-hybridized carbons (Fsp3) is 0.200. The number of aromatic nitrogens is 3. The first-order chi connectivity index (χ1) is 12.2. The van der Waals surface area contributed by atoms with Gasteiger partial charge in [-0.2, -0.15) is 13.2 Å². The second-order valence-electron chi connectivity index (χ2n) is 5.32. The molecule has 0 fully saturated rings. The molecule has 1 aromatic carbocycles. The molecular weight excluding hydrogens is 373 g/mol. The topological polar surface area (TPSA) is 97.1 Å². The molecule has 0 aliphatic heterocycles. The zero-order valence-electron chi connectivity index (χ0n) is 12.9. The Morgan fingerprint density at radius 1 is 1.35 bits per heavy atom. The van der Waals surface area contributed by atoms with Gasteiger partial charge in [-0.05, 0) is 18.2 Å². The number of carbonyl (C=O) groups is 2. The summed E-state index contributed by atoms with van der Waals surface area (Å²) in [5, 5.41) is 11.4. The molecule has 3 rings (SSSR count). The van der Waals surface area contributed by atoms with E-state index < -0.39 is 29.7 Å². The summed E-state index contributed by atoms with van der Waals surface area (Å²) in [4.78, 5) is 31.4. The molecule has 0 saturated heterocycles. The van der Waals surface area contributed by atoms with Crippen molar-refractivity contribution in [1.29, 1.82) is 0 Å². The number of hydrogen-bond donors (Lipinski definition) is 2. The van der Waals surface area contributed by atoms with Crippen LogP contribution >= 0.6 is 11.3 Å². The quantitative estimate of drug-likeness (QED) is 0.704. The highest BCUT2D eigenvalue weighted by Crippen LogP contribution is 2.33. The van der Waals surface area contributed by atoms with Crippen LogP contribution in [0.25, 0.3) is 10.2 Å². The lowest BCUT2D eigenvalue weighted by atomic mass is 10.2. The van der Waals surface area contributed by atoms with Crippen LogP contribution in [0.5, 0.6) is 0 Å². The van der Waals surface area contributed by atoms with Gasteiger partial charge in [-0.15, -0.1) is 11.3 Å². The average molecular weight is 384 g/mol. The number of halogens is 3. The standard InChI is InChI=1S/C15H11F3N4O3S/c16-15(17,18)8-1-2-9-11(5-8)26-13(21-9)12(23)20-10(14(24)25)6-22-4-3-19-7-22/h1-5,7,10H,6H2,(H,20,23)(H,24,25). The summed E-state index contributed by atoms with van der Waals surface area (Å²) in [5.41, 5.74) is -0.612. The Hall–Kier alpha value is -2.95. The van der Waals surface area contributed by atoms with E-state index in [9.17, 15) is 27.9 Å². The van der Waals surface area contributed by atoms with Crippen molar-refractivity contribution in [3.8, 4) is 0 Å². The number of aliphatic carboxylic acids is 1. The number of fused-ring (bicyclic) bond motifs is 1. The molecule has 0 bridgehead atoms. The number of alkyl halides is 3. The van der Waals surface area contributed by atoms with Gasteiger partial charge in [0.1, 0.15) is 6.04 Å². The zero-order valence-corrected chi connectivity index (χ0v) is 13.7. The SMILES string of the molecule is O=C(NC(Cn1ccnc1)C(=O)O)c1nc2ccc(C(F)(F)F)cc2s1. The number of rotatable bonds is 5. The Kier molecular flexibility index (Phi) is 4.64. The van der Waals surface area contributed by atoms with E-state index in [1.54, 1.807) is 6.20 Å². The summed E-state index contributed by atoms with van der Waals surface area (Å²) in [6.45, 7) is -0.0514. The van der Waals surface area contributed by atoms with Gasteiger partial charge in [0.2, 0.25) is 0 Å². The highest BCUT2D eigenvalue weighted by atomic mass is 32.1. The summed E-state index contributed by atoms with van der Waals surface area (Å²) in [7, 11) is 0. The molecule has 2 heterocycles. The van der Waals surface area contributed by atoms with Gasteiger partial charge in [-0.25, -0.2) is 14.8 Å². The maximum atomic E-state index is 12.8. The van der Waals surface area contributed by atoms with Crippen LogP contribution in [0.2, 0.25) is 0 Å². The average Bonchev–Trinajstić information content (AvgIpc) is 3.21. The highest BCUT2D eigenvalue weighted by Gasteiger charge is 2.31. The normalized spacial score (nSPS) is 12.9. The summed E-state index contributed by atoms with van der Waals surface area (Å²) in [6, 6.07) is 1.72. The second kappa shape index (κ2) is 6.75. The maximum absolute atomic E-state index is 12.8. The molecule has 0 spiro atoms. The van der Waals surface area contributed by atoms with Crippen molar-refractivity contribution in [2.75, 3.05) is 0 Å². The molecule has 2 N–H and O–H groups in total. The lowest BCUT2D eigenvalue weighted by molar-refractivity contribution is -0.139. The van der Waals surface area contributed by atoms with Gasteiger partial charge in [0.25, 0.3) is 5.91 Å². The van der Waals surface area contributed by atoms with Gasteiger partial charge < -0.3 is 15.0 Å². The van der Waals surface area contributed by atoms with E-state index >= 15 is 0 Å². The Balaban J connectivity index is 1.81. The van der Waals surface area contributed by atoms with Crippen molar-refractivity contribution in [2.24, 2.45) is 0 Å². The van der Waals surface area contributed by atoms with Crippen molar-refractivity contribution in [2.45, 2.75) is 18.8 Å². The Morgan fingerprint density at radius 3 is 2.73 bits per heavy atom. The number of benzene rings is 1. The van der Waals surface area contributed by atoms with Crippen molar-refractivity contribution >= 4 is 33.4 Å². The Bertz CT molecular complexity index is 953. The molecule has 26 heavy (non-hydrogen) atoms. The summed E-state index contributed by atoms with van der Waals surface area (Å²) in [6.07, 6.45) is -0.0940. The first-order valence-electron chi connectivity index (χ1n) is 7.21. The number of carboxylic acid groups (broad SMARTS) is 1. The van der Waals surface area contributed by atoms with E-state index in [2.05, 4.69) is 15.3 Å². The van der Waals surface area contributed by atoms with E-state index in [0.29, 0.717) is 0 Å². The molecule has 1 atom stereocenters. The highest BCUT2D eigenvalue weighted by molar-refractivity contribution is 7.20. The predicted molar refractivity (Wildman–Crippen MR) is 85.7 cm³/mol. The third-order valence-corrected chi connectivity index (χ3v) is 4.48. The predicted octanol–water partition coefficient (Wildman–Crippen LogP) is 2.39. The number of nitrogens with one attached hydrogen (secondary N) is 1. The molecule has 2 aromatic heterocycles. The lowest BCUT2D eigenvalue weighted by Crippen LogP contribution is -2.43. The van der Waals surface area contributed by atoms with Crippen molar-refractivity contribution in [3.63, 3.8) is 0 Å². The fourth-order valence-electron chi connectivity index (χ4n) is 2.21. The summed E-state index contributed by atoms with van der Waals surface area (Å²) in [5.74, 6) is -2.03. The summed E-state index contributed by atoms with van der Waals surface area (Å²) < 4.78 is 39.9.